The molecule has 10 N–H and O–H groups in total. The molecule has 8 aliphatic rings. The number of carboxylic acid groups (broad SMARTS) is 1. The first kappa shape index (κ1) is 48.1. The highest BCUT2D eigenvalue weighted by Gasteiger charge is 2.71. The summed E-state index contributed by atoms with van der Waals surface area (Å²) in [6.45, 7) is 14.5. The van der Waals surface area contributed by atoms with Gasteiger partial charge in [-0.25, -0.2) is 0 Å². The summed E-state index contributed by atoms with van der Waals surface area (Å²) in [5.41, 5.74) is -1.20. The monoisotopic (exact) mass is 898 g/mol. The molecule has 22 atom stereocenters. The molecule has 0 bridgehead atoms. The van der Waals surface area contributed by atoms with Crippen LogP contribution in [0.25, 0.3) is 0 Å². The number of aliphatic hydroxyl groups excluding tert-OH is 9. The number of hydrogen-bond donors (Lipinski definition) is 10. The van der Waals surface area contributed by atoms with Crippen molar-refractivity contribution in [3.05, 3.63) is 11.6 Å². The third-order valence-corrected chi connectivity index (χ3v) is 18.6. The number of fused-ring (bicyclic) bond motifs is 7. The predicted molar refractivity (Wildman–Crippen MR) is 220 cm³/mol. The molecule has 0 aromatic rings. The summed E-state index contributed by atoms with van der Waals surface area (Å²) in [7, 11) is 0. The fourth-order valence-electron chi connectivity index (χ4n) is 14.7. The lowest BCUT2D eigenvalue weighted by Gasteiger charge is -2.71. The fraction of sp³-hybridized carbons (Fsp3) is 0.935. The summed E-state index contributed by atoms with van der Waals surface area (Å²) in [6, 6.07) is 0. The number of carbonyl (C=O) groups is 1. The molecule has 4 saturated carbocycles. The van der Waals surface area contributed by atoms with Gasteiger partial charge in [-0.1, -0.05) is 60.1 Å². The van der Waals surface area contributed by atoms with Crippen LogP contribution in [0.1, 0.15) is 106 Å². The zero-order valence-corrected chi connectivity index (χ0v) is 37.8. The smallest absolute Gasteiger partial charge is 0.312 e. The Kier molecular flexibility index (Phi) is 12.7. The molecule has 360 valence electrons. The van der Waals surface area contributed by atoms with Gasteiger partial charge in [-0.15, -0.1) is 0 Å². The number of carboxylic acids is 1. The van der Waals surface area contributed by atoms with E-state index in [1.807, 2.05) is 0 Å². The van der Waals surface area contributed by atoms with E-state index in [4.69, 9.17) is 28.4 Å². The zero-order chi connectivity index (χ0) is 46.0. The van der Waals surface area contributed by atoms with E-state index < -0.39 is 121 Å². The Morgan fingerprint density at radius 1 is 0.714 bits per heavy atom. The van der Waals surface area contributed by atoms with Crippen molar-refractivity contribution in [2.75, 3.05) is 19.8 Å². The molecule has 0 aromatic heterocycles. The molecule has 3 saturated heterocycles. The Hall–Kier alpha value is -1.39. The standard InChI is InChI=1S/C46H74O17/c1-41(2)14-15-46(40(56)57)22(16-41)21-8-9-27-43(5)12-11-29(42(3,4)26(43)10-13-44(27,6)45(21,7)17-28(46)49)62-39-35(55)36(32(52)24(18-47)60-39)63-38-34(54)31(51)25(20-59-38)61-37-33(53)30(50)23(48)19-58-37/h8,22-39,47-55H,9-20H2,1-7H3,(H,56,57). The molecule has 17 nitrogen and oxygen atoms in total. The molecule has 3 aliphatic heterocycles. The first-order valence-corrected chi connectivity index (χ1v) is 23.2. The van der Waals surface area contributed by atoms with E-state index in [-0.39, 0.29) is 47.2 Å². The number of ether oxygens (including phenoxy) is 6. The molecule has 7 fully saturated rings. The van der Waals surface area contributed by atoms with Crippen molar-refractivity contribution in [3.63, 3.8) is 0 Å². The number of aliphatic hydroxyl groups is 9. The fourth-order valence-corrected chi connectivity index (χ4v) is 14.7. The van der Waals surface area contributed by atoms with E-state index in [0.717, 1.165) is 38.5 Å². The summed E-state index contributed by atoms with van der Waals surface area (Å²) < 4.78 is 35.2. The minimum Gasteiger partial charge on any atom is -0.481 e. The van der Waals surface area contributed by atoms with Gasteiger partial charge < -0.3 is 79.5 Å². The first-order chi connectivity index (χ1) is 29.4. The van der Waals surface area contributed by atoms with E-state index in [9.17, 15) is 55.9 Å². The molecule has 5 aliphatic carbocycles. The van der Waals surface area contributed by atoms with E-state index in [1.165, 1.54) is 5.57 Å². The van der Waals surface area contributed by atoms with Gasteiger partial charge in [0, 0.05) is 0 Å². The van der Waals surface area contributed by atoms with Crippen LogP contribution in [-0.2, 0) is 33.2 Å². The molecule has 0 aromatic carbocycles. The van der Waals surface area contributed by atoms with Crippen molar-refractivity contribution in [1.82, 2.24) is 0 Å². The third kappa shape index (κ3) is 7.41. The maximum Gasteiger partial charge on any atom is 0.312 e. The minimum absolute atomic E-state index is 0.0361. The van der Waals surface area contributed by atoms with Crippen molar-refractivity contribution < 1.29 is 84.3 Å². The van der Waals surface area contributed by atoms with E-state index in [0.29, 0.717) is 19.3 Å². The summed E-state index contributed by atoms with van der Waals surface area (Å²) in [4.78, 5) is 13.1. The molecular formula is C46H74O17. The maximum absolute atomic E-state index is 13.1. The Balaban J connectivity index is 0.971. The lowest BCUT2D eigenvalue weighted by Crippen LogP contribution is -2.68. The second-order valence-corrected chi connectivity index (χ2v) is 22.7. The van der Waals surface area contributed by atoms with Crippen molar-refractivity contribution in [3.8, 4) is 0 Å². The summed E-state index contributed by atoms with van der Waals surface area (Å²) in [6.07, 6.45) is -12.3. The van der Waals surface area contributed by atoms with Crippen LogP contribution in [0.15, 0.2) is 11.6 Å². The first-order valence-electron chi connectivity index (χ1n) is 23.2. The van der Waals surface area contributed by atoms with Crippen LogP contribution in [0.4, 0.5) is 0 Å². The molecule has 8 rings (SSSR count). The lowest BCUT2D eigenvalue weighted by molar-refractivity contribution is -0.369. The third-order valence-electron chi connectivity index (χ3n) is 18.6. The van der Waals surface area contributed by atoms with Crippen LogP contribution in [0.3, 0.4) is 0 Å². The SMILES string of the molecule is CC1(C)CCC2(C(=O)O)C(O)CC3(C)C(=CCC4C5(C)CCC(OC6OC(CO)C(O)C(OC7OCC(OC8OCC(O)C(O)C8O)C(O)C7O)C6O)C(C)(C)C5CCC43C)C2C1. The number of rotatable bonds is 8. The Morgan fingerprint density at radius 3 is 2.06 bits per heavy atom. The van der Waals surface area contributed by atoms with Crippen LogP contribution in [0, 0.1) is 50.2 Å². The highest BCUT2D eigenvalue weighted by molar-refractivity contribution is 5.77. The number of aliphatic carboxylic acids is 1. The average molecular weight is 899 g/mol. The van der Waals surface area contributed by atoms with Gasteiger partial charge in [-0.2, -0.15) is 0 Å². The van der Waals surface area contributed by atoms with Gasteiger partial charge in [0.1, 0.15) is 66.5 Å². The van der Waals surface area contributed by atoms with Gasteiger partial charge in [-0.05, 0) is 103 Å². The molecule has 0 radical (unpaired) electrons. The van der Waals surface area contributed by atoms with Crippen LogP contribution in [0.5, 0.6) is 0 Å². The van der Waals surface area contributed by atoms with Crippen molar-refractivity contribution >= 4 is 5.97 Å². The highest BCUT2D eigenvalue weighted by atomic mass is 16.7. The van der Waals surface area contributed by atoms with Crippen molar-refractivity contribution in [2.45, 2.75) is 198 Å². The molecule has 63 heavy (non-hydrogen) atoms. The highest BCUT2D eigenvalue weighted by Crippen LogP contribution is 2.76. The second kappa shape index (κ2) is 16.7. The van der Waals surface area contributed by atoms with Crippen molar-refractivity contribution in [1.29, 1.82) is 0 Å². The molecule has 0 amide bonds. The van der Waals surface area contributed by atoms with Gasteiger partial charge >= 0.3 is 5.97 Å². The summed E-state index contributed by atoms with van der Waals surface area (Å²) in [5, 5.41) is 108. The van der Waals surface area contributed by atoms with E-state index in [2.05, 4.69) is 54.5 Å². The Morgan fingerprint density at radius 2 is 1.38 bits per heavy atom. The van der Waals surface area contributed by atoms with Gasteiger partial charge in [0.2, 0.25) is 0 Å². The molecule has 17 heteroatoms. The molecule has 0 spiro atoms. The second-order valence-electron chi connectivity index (χ2n) is 22.7. The number of allylic oxidation sites excluding steroid dienone is 2. The minimum atomic E-state index is -1.78. The van der Waals surface area contributed by atoms with Gasteiger partial charge in [-0.3, -0.25) is 4.79 Å². The summed E-state index contributed by atoms with van der Waals surface area (Å²) >= 11 is 0. The Bertz CT molecular complexity index is 1730. The Labute approximate surface area is 369 Å². The lowest BCUT2D eigenvalue weighted by atomic mass is 9.33. The van der Waals surface area contributed by atoms with Crippen LogP contribution >= 0.6 is 0 Å². The zero-order valence-electron chi connectivity index (χ0n) is 37.8. The average Bonchev–Trinajstić information content (AvgIpc) is 3.20. The van der Waals surface area contributed by atoms with Gasteiger partial charge in [0.25, 0.3) is 0 Å². The van der Waals surface area contributed by atoms with Gasteiger partial charge in [0.15, 0.2) is 18.9 Å². The molecule has 22 unspecified atom stereocenters. The maximum atomic E-state index is 13.1. The molecule has 3 heterocycles. The topological polar surface area (TPSA) is 275 Å². The molecular weight excluding hydrogens is 824 g/mol. The van der Waals surface area contributed by atoms with Crippen LogP contribution in [0.2, 0.25) is 0 Å². The summed E-state index contributed by atoms with van der Waals surface area (Å²) in [5.74, 6) is -0.713. The van der Waals surface area contributed by atoms with Crippen LogP contribution < -0.4 is 0 Å². The van der Waals surface area contributed by atoms with E-state index >= 15 is 0 Å². The van der Waals surface area contributed by atoms with Crippen LogP contribution in [-0.4, -0.2) is 169 Å². The quantitative estimate of drug-likeness (QED) is 0.120. The normalized spacial score (nSPS) is 54.1. The number of hydrogen-bond acceptors (Lipinski definition) is 16. The predicted octanol–water partition coefficient (Wildman–Crippen LogP) is 0.955. The largest absolute Gasteiger partial charge is 0.481 e. The van der Waals surface area contributed by atoms with Gasteiger partial charge in [0.05, 0.1) is 32.0 Å². The van der Waals surface area contributed by atoms with Crippen molar-refractivity contribution in [2.24, 2.45) is 50.2 Å². The van der Waals surface area contributed by atoms with E-state index in [1.54, 1.807) is 0 Å².